The summed E-state index contributed by atoms with van der Waals surface area (Å²) >= 11 is 2.60. The normalized spacial score (nSPS) is 10.4. The Bertz CT molecular complexity index is 1530. The molecule has 0 radical (unpaired) electrons. The van der Waals surface area contributed by atoms with E-state index in [1.54, 1.807) is 18.2 Å². The molecule has 1 aromatic carbocycles. The average Bonchev–Trinajstić information content (AvgIpc) is 3.37. The van der Waals surface area contributed by atoms with Crippen LogP contribution in [0.3, 0.4) is 0 Å². The second-order valence-corrected chi connectivity index (χ2v) is 9.34. The standard InChI is InChI=1S/C25H20FN7O3S2/c1-35-20-4-3-15(8-19(20)26)31-25-32-16(13-38-25)12-37-24-18(10-28)22(17(9-27)23(29)33-24)14-2-5-21(30-11-14)36-7-6-34/h2-5,8,11,13,34H,6-7,12H2,1H3,(H2,29,33)(H,31,32). The monoisotopic (exact) mass is 549 g/mol. The molecule has 0 aliphatic carbocycles. The molecule has 0 amide bonds. The predicted octanol–water partition coefficient (Wildman–Crippen LogP) is 4.48. The molecule has 0 aliphatic heterocycles. The topological polar surface area (TPSA) is 163 Å². The Balaban J connectivity index is 1.56. The van der Waals surface area contributed by atoms with Crippen LogP contribution in [0, 0.1) is 28.5 Å². The molecule has 0 unspecified atom stereocenters. The van der Waals surface area contributed by atoms with Crippen LogP contribution in [0.5, 0.6) is 11.6 Å². The van der Waals surface area contributed by atoms with Gasteiger partial charge in [0.15, 0.2) is 16.7 Å². The number of hydrogen-bond acceptors (Lipinski definition) is 12. The van der Waals surface area contributed by atoms with Crippen LogP contribution in [0.1, 0.15) is 16.8 Å². The Morgan fingerprint density at radius 3 is 2.66 bits per heavy atom. The minimum Gasteiger partial charge on any atom is -0.494 e. The van der Waals surface area contributed by atoms with Crippen molar-refractivity contribution in [2.24, 2.45) is 0 Å². The number of nitrogens with one attached hydrogen (secondary N) is 1. The van der Waals surface area contributed by atoms with Crippen LogP contribution in [-0.2, 0) is 5.75 Å². The lowest BCUT2D eigenvalue weighted by atomic mass is 9.98. The number of hydrogen-bond donors (Lipinski definition) is 3. The molecule has 4 N–H and O–H groups in total. The second kappa shape index (κ2) is 12.2. The molecule has 0 fully saturated rings. The molecule has 3 heterocycles. The van der Waals surface area contributed by atoms with Gasteiger partial charge in [-0.1, -0.05) is 11.8 Å². The second-order valence-electron chi connectivity index (χ2n) is 7.51. The fourth-order valence-corrected chi connectivity index (χ4v) is 5.12. The van der Waals surface area contributed by atoms with E-state index in [1.807, 2.05) is 11.4 Å². The molecule has 4 rings (SSSR count). The number of nitrogens with zero attached hydrogens (tertiary/aromatic N) is 5. The number of pyridine rings is 2. The molecule has 4 aromatic rings. The van der Waals surface area contributed by atoms with Crippen molar-refractivity contribution in [1.29, 1.82) is 10.5 Å². The summed E-state index contributed by atoms with van der Waals surface area (Å²) < 4.78 is 24.2. The van der Waals surface area contributed by atoms with Crippen LogP contribution in [0.4, 0.5) is 21.0 Å². The smallest absolute Gasteiger partial charge is 0.213 e. The number of thiazole rings is 1. The van der Waals surface area contributed by atoms with Gasteiger partial charge in [-0.05, 0) is 18.2 Å². The van der Waals surface area contributed by atoms with Gasteiger partial charge in [0.2, 0.25) is 5.88 Å². The van der Waals surface area contributed by atoms with Crippen molar-refractivity contribution in [2.45, 2.75) is 10.8 Å². The summed E-state index contributed by atoms with van der Waals surface area (Å²) in [6.07, 6.45) is 1.47. The zero-order valence-corrected chi connectivity index (χ0v) is 21.6. The molecule has 192 valence electrons. The number of aromatic nitrogens is 3. The van der Waals surface area contributed by atoms with Crippen molar-refractivity contribution in [2.75, 3.05) is 31.4 Å². The summed E-state index contributed by atoms with van der Waals surface area (Å²) in [5.41, 5.74) is 8.41. The van der Waals surface area contributed by atoms with Gasteiger partial charge in [-0.3, -0.25) is 0 Å². The van der Waals surface area contributed by atoms with Crippen LogP contribution >= 0.6 is 23.1 Å². The van der Waals surface area contributed by atoms with Crippen molar-refractivity contribution in [1.82, 2.24) is 15.0 Å². The zero-order valence-electron chi connectivity index (χ0n) is 19.9. The van der Waals surface area contributed by atoms with E-state index in [-0.39, 0.29) is 35.9 Å². The Hall–Kier alpha value is -4.43. The van der Waals surface area contributed by atoms with Gasteiger partial charge >= 0.3 is 0 Å². The van der Waals surface area contributed by atoms with Gasteiger partial charge in [0.25, 0.3) is 0 Å². The summed E-state index contributed by atoms with van der Waals surface area (Å²) in [6, 6.07) is 11.9. The molecule has 38 heavy (non-hydrogen) atoms. The molecule has 10 nitrogen and oxygen atoms in total. The molecule has 0 bridgehead atoms. The van der Waals surface area contributed by atoms with Gasteiger partial charge in [-0.25, -0.2) is 19.3 Å². The van der Waals surface area contributed by atoms with Crippen molar-refractivity contribution in [3.63, 3.8) is 0 Å². The van der Waals surface area contributed by atoms with E-state index >= 15 is 0 Å². The molecule has 0 saturated carbocycles. The number of nitriles is 2. The van der Waals surface area contributed by atoms with Crippen LogP contribution in [0.15, 0.2) is 46.9 Å². The average molecular weight is 550 g/mol. The lowest BCUT2D eigenvalue weighted by Gasteiger charge is -2.13. The van der Waals surface area contributed by atoms with Gasteiger partial charge in [-0.2, -0.15) is 10.5 Å². The Kier molecular flexibility index (Phi) is 8.55. The quantitative estimate of drug-likeness (QED) is 0.239. The number of nitrogen functional groups attached to an aromatic ring is 1. The first-order chi connectivity index (χ1) is 18.5. The maximum absolute atomic E-state index is 14.0. The van der Waals surface area contributed by atoms with E-state index in [1.165, 1.54) is 48.5 Å². The highest BCUT2D eigenvalue weighted by Gasteiger charge is 2.21. The Morgan fingerprint density at radius 2 is 2.00 bits per heavy atom. The van der Waals surface area contributed by atoms with Crippen LogP contribution < -0.4 is 20.5 Å². The summed E-state index contributed by atoms with van der Waals surface area (Å²) in [7, 11) is 1.40. The van der Waals surface area contributed by atoms with Gasteiger partial charge in [-0.15, -0.1) is 11.3 Å². The fourth-order valence-electron chi connectivity index (χ4n) is 3.40. The lowest BCUT2D eigenvalue weighted by molar-refractivity contribution is 0.196. The van der Waals surface area contributed by atoms with Crippen molar-refractivity contribution in [3.8, 4) is 34.9 Å². The molecule has 0 aliphatic rings. The predicted molar refractivity (Wildman–Crippen MR) is 142 cm³/mol. The van der Waals surface area contributed by atoms with Gasteiger partial charge < -0.3 is 25.6 Å². The minimum absolute atomic E-state index is 0.00762. The number of ether oxygens (including phenoxy) is 2. The summed E-state index contributed by atoms with van der Waals surface area (Å²) in [6.45, 7) is -0.0638. The number of rotatable bonds is 10. The maximum atomic E-state index is 14.0. The first-order valence-electron chi connectivity index (χ1n) is 11.0. The highest BCUT2D eigenvalue weighted by molar-refractivity contribution is 7.98. The number of aliphatic hydroxyl groups is 1. The molecular formula is C25H20FN7O3S2. The van der Waals surface area contributed by atoms with Crippen LogP contribution in [-0.4, -0.2) is 40.4 Å². The van der Waals surface area contributed by atoms with E-state index in [9.17, 15) is 14.9 Å². The van der Waals surface area contributed by atoms with E-state index in [2.05, 4.69) is 26.3 Å². The fraction of sp³-hybridized carbons (Fsp3) is 0.160. The number of benzene rings is 1. The zero-order chi connectivity index (χ0) is 27.1. The molecule has 3 aromatic heterocycles. The third kappa shape index (κ3) is 5.92. The van der Waals surface area contributed by atoms with Crippen molar-refractivity contribution in [3.05, 3.63) is 64.5 Å². The SMILES string of the molecule is COc1ccc(Nc2nc(CSc3nc(N)c(C#N)c(-c4ccc(OCCO)nc4)c3C#N)cs2)cc1F. The summed E-state index contributed by atoms with van der Waals surface area (Å²) in [5.74, 6) is 0.314. The molecular weight excluding hydrogens is 529 g/mol. The van der Waals surface area contributed by atoms with E-state index in [0.717, 1.165) is 0 Å². The van der Waals surface area contributed by atoms with E-state index in [0.29, 0.717) is 44.3 Å². The first-order valence-corrected chi connectivity index (χ1v) is 12.9. The van der Waals surface area contributed by atoms with Gasteiger partial charge in [0.1, 0.15) is 35.2 Å². The molecule has 0 atom stereocenters. The minimum atomic E-state index is -0.489. The highest BCUT2D eigenvalue weighted by Crippen LogP contribution is 2.37. The Morgan fingerprint density at radius 1 is 1.18 bits per heavy atom. The number of thioether (sulfide) groups is 1. The van der Waals surface area contributed by atoms with E-state index in [4.69, 9.17) is 20.3 Å². The van der Waals surface area contributed by atoms with E-state index < -0.39 is 5.82 Å². The van der Waals surface area contributed by atoms with Gasteiger partial charge in [0.05, 0.1) is 25.0 Å². The Labute approximate surface area is 225 Å². The summed E-state index contributed by atoms with van der Waals surface area (Å²) in [5, 5.41) is 34.4. The number of anilines is 3. The number of nitrogens with two attached hydrogens (primary N) is 1. The lowest BCUT2D eigenvalue weighted by Crippen LogP contribution is -2.05. The number of aliphatic hydroxyl groups excluding tert-OH is 1. The van der Waals surface area contributed by atoms with Crippen LogP contribution in [0.2, 0.25) is 0 Å². The first kappa shape index (κ1) is 26.6. The molecule has 13 heteroatoms. The highest BCUT2D eigenvalue weighted by atomic mass is 32.2. The third-order valence-corrected chi connectivity index (χ3v) is 6.91. The van der Waals surface area contributed by atoms with Crippen LogP contribution in [0.25, 0.3) is 11.1 Å². The van der Waals surface area contributed by atoms with Crippen molar-refractivity contribution < 1.29 is 19.0 Å². The number of halogens is 1. The third-order valence-electron chi connectivity index (χ3n) is 5.09. The summed E-state index contributed by atoms with van der Waals surface area (Å²) in [4.78, 5) is 13.0. The molecule has 0 saturated heterocycles. The largest absolute Gasteiger partial charge is 0.494 e. The maximum Gasteiger partial charge on any atom is 0.213 e. The molecule has 0 spiro atoms. The number of methoxy groups -OCH3 is 1. The van der Waals surface area contributed by atoms with Gasteiger partial charge in [0, 0.05) is 46.3 Å². The van der Waals surface area contributed by atoms with Crippen molar-refractivity contribution >= 4 is 39.7 Å².